The molecule has 0 radical (unpaired) electrons. The predicted octanol–water partition coefficient (Wildman–Crippen LogP) is 20.8. The smallest absolute Gasteiger partial charge is 0.311 e. The van der Waals surface area contributed by atoms with E-state index in [1.807, 2.05) is 0 Å². The number of aliphatic hydroxyl groups is 4. The number of hydrogen-bond acceptors (Lipinski definition) is 15. The topological polar surface area (TPSA) is 229 Å². The Morgan fingerprint density at radius 3 is 1.17 bits per heavy atom. The van der Waals surface area contributed by atoms with Gasteiger partial charge in [-0.2, -0.15) is 0 Å². The molecule has 120 heavy (non-hydrogen) atoms. The summed E-state index contributed by atoms with van der Waals surface area (Å²) in [5, 5.41) is 41.8. The lowest BCUT2D eigenvalue weighted by molar-refractivity contribution is -0.248. The van der Waals surface area contributed by atoms with E-state index >= 15 is 0 Å². The zero-order valence-corrected chi connectivity index (χ0v) is 77.2. The Morgan fingerprint density at radius 1 is 0.383 bits per heavy atom. The number of methoxy groups -OCH3 is 5. The fourth-order valence-corrected chi connectivity index (χ4v) is 38.7. The van der Waals surface area contributed by atoms with Crippen molar-refractivity contribution in [3.8, 4) is 0 Å². The number of allylic oxidation sites excluding steroid dienone is 4. The Morgan fingerprint density at radius 2 is 0.725 bits per heavy atom. The molecular weight excluding hydrogens is 1500 g/mol. The Hall–Kier alpha value is -4.18. The summed E-state index contributed by atoms with van der Waals surface area (Å²) < 4.78 is 26.1. The lowest BCUT2D eigenvalue weighted by Gasteiger charge is -2.69. The second-order valence-corrected chi connectivity index (χ2v) is 48.0. The van der Waals surface area contributed by atoms with Crippen molar-refractivity contribution in [1.29, 1.82) is 0 Å². The van der Waals surface area contributed by atoms with Gasteiger partial charge in [0, 0.05) is 23.4 Å². The highest BCUT2D eigenvalue weighted by atomic mass is 16.5. The largest absolute Gasteiger partial charge is 0.469 e. The summed E-state index contributed by atoms with van der Waals surface area (Å²) in [6.45, 7) is 32.0. The molecule has 15 nitrogen and oxygen atoms in total. The highest BCUT2D eigenvalue weighted by molar-refractivity contribution is 5.80. The first-order valence-corrected chi connectivity index (χ1v) is 49.0. The molecule has 0 aliphatic heterocycles. The van der Waals surface area contributed by atoms with Gasteiger partial charge in [-0.25, -0.2) is 0 Å². The molecule has 4 N–H and O–H groups in total. The fraction of sp³-hybridized carbons (Fsp3) is 0.867. The van der Waals surface area contributed by atoms with Crippen molar-refractivity contribution in [3.63, 3.8) is 0 Å². The van der Waals surface area contributed by atoms with Gasteiger partial charge in [-0.1, -0.05) is 97.6 Å². The number of carbonyl (C=O) groups excluding carboxylic acids is 6. The molecule has 33 unspecified atom stereocenters. The number of hydrogen-bond donors (Lipinski definition) is 4. The summed E-state index contributed by atoms with van der Waals surface area (Å²) in [6, 6.07) is 0. The number of ether oxygens (including phenoxy) is 5. The molecule has 0 aromatic carbocycles. The maximum absolute atomic E-state index is 12.7. The minimum Gasteiger partial charge on any atom is -0.469 e. The van der Waals surface area contributed by atoms with Crippen LogP contribution >= 0.6 is 0 Å². The number of carbonyl (C=O) groups is 6. The first kappa shape index (κ1) is 89.2. The normalized spacial score (nSPS) is 51.8. The number of esters is 5. The molecule has 0 aromatic rings. The van der Waals surface area contributed by atoms with E-state index in [0.717, 1.165) is 171 Å². The molecule has 25 rings (SSSR count). The first-order valence-electron chi connectivity index (χ1n) is 49.0. The fourth-order valence-electron chi connectivity index (χ4n) is 38.7. The maximum Gasteiger partial charge on any atom is 0.311 e. The molecule has 670 valence electrons. The second kappa shape index (κ2) is 31.4. The van der Waals surface area contributed by atoms with E-state index in [1.165, 1.54) is 154 Å². The number of rotatable bonds is 8. The van der Waals surface area contributed by atoms with Gasteiger partial charge in [-0.3, -0.25) is 28.8 Å². The number of aliphatic hydroxyl groups excluding tert-OH is 4. The lowest BCUT2D eigenvalue weighted by atomic mass is 9.35. The van der Waals surface area contributed by atoms with Crippen LogP contribution in [0.3, 0.4) is 0 Å². The van der Waals surface area contributed by atoms with E-state index in [-0.39, 0.29) is 132 Å². The maximum atomic E-state index is 12.7. The van der Waals surface area contributed by atoms with Gasteiger partial charge >= 0.3 is 29.8 Å². The summed E-state index contributed by atoms with van der Waals surface area (Å²) >= 11 is 0. The van der Waals surface area contributed by atoms with Crippen LogP contribution in [0.1, 0.15) is 332 Å². The number of fused-ring (bicyclic) bond motifs is 13. The van der Waals surface area contributed by atoms with Crippen LogP contribution < -0.4 is 0 Å². The minimum absolute atomic E-state index is 0.00179. The van der Waals surface area contributed by atoms with Gasteiger partial charge in [0.15, 0.2) is 0 Å². The van der Waals surface area contributed by atoms with Crippen LogP contribution in [-0.2, 0) is 52.5 Å². The van der Waals surface area contributed by atoms with Gasteiger partial charge in [0.25, 0.3) is 0 Å². The van der Waals surface area contributed by atoms with Crippen LogP contribution in [0.4, 0.5) is 0 Å². The average molecular weight is 1660 g/mol. The zero-order valence-electron chi connectivity index (χ0n) is 77.2. The number of aldehydes is 1. The van der Waals surface area contributed by atoms with Crippen molar-refractivity contribution in [3.05, 3.63) is 47.6 Å². The van der Waals surface area contributed by atoms with Crippen LogP contribution in [-0.4, -0.2) is 118 Å². The van der Waals surface area contributed by atoms with Crippen LogP contribution in [0.2, 0.25) is 0 Å². The Kier molecular flexibility index (Phi) is 23.3. The van der Waals surface area contributed by atoms with Gasteiger partial charge in [-0.05, 0) is 415 Å². The van der Waals surface area contributed by atoms with E-state index in [2.05, 4.69) is 94.5 Å². The predicted molar refractivity (Wildman–Crippen MR) is 465 cm³/mol. The van der Waals surface area contributed by atoms with E-state index < -0.39 is 0 Å². The van der Waals surface area contributed by atoms with E-state index in [9.17, 15) is 49.2 Å². The molecular formula is C105H160O15. The summed E-state index contributed by atoms with van der Waals surface area (Å²) in [5.74, 6) is 7.85. The third-order valence-electron chi connectivity index (χ3n) is 44.3. The Balaban J connectivity index is 0.000000112. The minimum atomic E-state index is -0.388. The molecule has 15 heteroatoms. The van der Waals surface area contributed by atoms with Gasteiger partial charge in [-0.15, -0.1) is 0 Å². The SMILES string of the molecule is C=C1C2CCC3(CCC4C(C)(C(=O)OC)CCCC4(C)C3C2)C1O.C=C1CC23CCC1CC2C1(C)CCCC(C)(C(=O)OC)C1CC3.COC(=O)C1(C)CCCC2(C)C1CCC13CCC(CC21)C(CO)C3O.COC(=O)C1(C)CCCC2(C)C3CC4CCC3(C=C4C=O)CCC12.COC(=O)C1(C)CCCC2(C)C3CC4CCC3(C=C4CO)CCC12. The van der Waals surface area contributed by atoms with Crippen molar-refractivity contribution in [1.82, 2.24) is 0 Å². The Bertz CT molecular complexity index is 4060. The van der Waals surface area contributed by atoms with Crippen molar-refractivity contribution in [2.24, 2.45) is 176 Å². The standard InChI is InChI=1S/C21H34O4.2C21H32O3.C21H30O3.C21H32O2/c1-19-7-4-8-20(2,18(24)25-3)15(19)6-10-21-9-5-13(11-16(19)21)14(12-22)17(21)23;1-13-14-6-10-21(17(13)22)11-7-15-19(2,16(21)12-14)8-5-9-20(15,3)18(23)24-4;2*1-19-7-4-8-20(2,18(23)24-3)16(19)6-10-21-9-5-14(11-17(19)21)15(12-21)13-22;1-14-13-21-10-6-15(14)12-17(21)19(2)8-5-9-20(3,18(22)23-4)16(19)7-11-21/h13-17,22-23H,4-12H2,1-3H3;14-17,22H,1,5-12H2,2-4H3;12,14,16-17,22H,4-11,13H2,1-3H3;12-14,16-17H,4-11H2,1-3H3;15-17H,1,5-13H2,2-4H3. The van der Waals surface area contributed by atoms with Crippen molar-refractivity contribution < 1.29 is 72.9 Å². The molecule has 0 heterocycles. The van der Waals surface area contributed by atoms with E-state index in [1.54, 1.807) is 14.2 Å². The molecule has 0 saturated heterocycles. The summed E-state index contributed by atoms with van der Waals surface area (Å²) in [7, 11) is 7.69. The molecule has 25 aliphatic carbocycles. The molecule has 0 amide bonds. The van der Waals surface area contributed by atoms with E-state index in [4.69, 9.17) is 23.7 Å². The lowest BCUT2D eigenvalue weighted by Crippen LogP contribution is -2.67. The molecule has 25 aliphatic rings. The highest BCUT2D eigenvalue weighted by Crippen LogP contribution is 2.78. The molecule has 33 atom stereocenters. The monoisotopic (exact) mass is 1660 g/mol. The first-order chi connectivity index (χ1) is 56.8. The van der Waals surface area contributed by atoms with Gasteiger partial charge in [0.1, 0.15) is 6.29 Å². The van der Waals surface area contributed by atoms with Gasteiger partial charge in [0.2, 0.25) is 0 Å². The Labute approximate surface area is 722 Å². The molecule has 21 saturated carbocycles. The van der Waals surface area contributed by atoms with Crippen LogP contribution in [0.5, 0.6) is 0 Å². The molecule has 21 fully saturated rings. The van der Waals surface area contributed by atoms with Crippen LogP contribution in [0.15, 0.2) is 47.6 Å². The van der Waals surface area contributed by atoms with Crippen molar-refractivity contribution in [2.75, 3.05) is 48.8 Å². The zero-order chi connectivity index (χ0) is 86.2. The van der Waals surface area contributed by atoms with Crippen molar-refractivity contribution >= 4 is 36.1 Å². The quantitative estimate of drug-likeness (QED) is 0.0766. The van der Waals surface area contributed by atoms with Crippen molar-refractivity contribution in [2.45, 2.75) is 345 Å². The average Bonchev–Trinajstić information content (AvgIpc) is 0.710. The summed E-state index contributed by atoms with van der Waals surface area (Å²) in [4.78, 5) is 74.7. The molecule has 0 aromatic heterocycles. The van der Waals surface area contributed by atoms with E-state index in [0.29, 0.717) is 87.8 Å². The second-order valence-electron chi connectivity index (χ2n) is 48.0. The summed E-state index contributed by atoms with van der Waals surface area (Å²) in [5.41, 5.74) is 5.28. The van der Waals surface area contributed by atoms with Gasteiger partial charge in [0.05, 0.1) is 81.4 Å². The van der Waals surface area contributed by atoms with Gasteiger partial charge < -0.3 is 44.1 Å². The third kappa shape index (κ3) is 12.8. The summed E-state index contributed by atoms with van der Waals surface area (Å²) in [6.07, 6.45) is 52.3. The highest BCUT2D eigenvalue weighted by Gasteiger charge is 2.73. The molecule has 5 spiro atoms. The molecule has 10 bridgehead atoms. The third-order valence-corrected chi connectivity index (χ3v) is 44.3. The van der Waals surface area contributed by atoms with Crippen LogP contribution in [0, 0.1) is 176 Å². The van der Waals surface area contributed by atoms with Crippen LogP contribution in [0.25, 0.3) is 0 Å².